The zero-order valence-electron chi connectivity index (χ0n) is 12.8. The smallest absolute Gasteiger partial charge is 0.0702 e. The van der Waals surface area contributed by atoms with Gasteiger partial charge in [-0.25, -0.2) is 0 Å². The van der Waals surface area contributed by atoms with Gasteiger partial charge in [0.15, 0.2) is 0 Å². The third-order valence-electron chi connectivity index (χ3n) is 4.81. The molecule has 1 unspecified atom stereocenters. The number of nitrogens with two attached hydrogens (primary N) is 1. The maximum atomic E-state index is 9.65. The Kier molecular flexibility index (Phi) is 5.62. The van der Waals surface area contributed by atoms with Crippen molar-refractivity contribution in [1.29, 1.82) is 0 Å². The van der Waals surface area contributed by atoms with Crippen molar-refractivity contribution in [3.05, 3.63) is 35.4 Å². The average Bonchev–Trinajstić information content (AvgIpc) is 2.46. The van der Waals surface area contributed by atoms with Gasteiger partial charge < -0.3 is 10.8 Å². The lowest BCUT2D eigenvalue weighted by Crippen LogP contribution is -2.22. The molecule has 0 aromatic heterocycles. The number of hydrogen-bond donors (Lipinski definition) is 2. The van der Waals surface area contributed by atoms with Gasteiger partial charge in [-0.05, 0) is 48.6 Å². The van der Waals surface area contributed by atoms with E-state index in [1.54, 1.807) is 0 Å². The highest BCUT2D eigenvalue weighted by Gasteiger charge is 2.26. The van der Waals surface area contributed by atoms with E-state index in [4.69, 9.17) is 5.73 Å². The zero-order valence-corrected chi connectivity index (χ0v) is 12.8. The van der Waals surface area contributed by atoms with Crippen LogP contribution in [0.2, 0.25) is 0 Å². The number of aliphatic hydroxyl groups excluding tert-OH is 1. The summed E-state index contributed by atoms with van der Waals surface area (Å²) in [5, 5.41) is 9.65. The van der Waals surface area contributed by atoms with Crippen LogP contribution in [0.4, 0.5) is 0 Å². The molecule has 1 saturated carbocycles. The van der Waals surface area contributed by atoms with Crippen LogP contribution in [-0.4, -0.2) is 17.8 Å². The van der Waals surface area contributed by atoms with Gasteiger partial charge in [0.05, 0.1) is 6.10 Å². The molecular formula is C18H29NO. The molecule has 2 nitrogen and oxygen atoms in total. The topological polar surface area (TPSA) is 46.2 Å². The lowest BCUT2D eigenvalue weighted by Gasteiger charge is -2.33. The van der Waals surface area contributed by atoms with E-state index in [0.717, 1.165) is 6.42 Å². The first-order valence-corrected chi connectivity index (χ1v) is 8.07. The molecule has 1 aliphatic carbocycles. The predicted octanol–water partition coefficient (Wildman–Crippen LogP) is 3.45. The maximum absolute atomic E-state index is 9.65. The lowest BCUT2D eigenvalue weighted by atomic mass is 9.72. The zero-order chi connectivity index (χ0) is 14.4. The number of aryl methyl sites for hydroxylation is 1. The van der Waals surface area contributed by atoms with Gasteiger partial charge in [-0.1, -0.05) is 50.5 Å². The molecule has 2 heteroatoms. The van der Waals surface area contributed by atoms with Gasteiger partial charge in [-0.15, -0.1) is 0 Å². The summed E-state index contributed by atoms with van der Waals surface area (Å²) in [5.74, 6) is 0. The molecule has 0 heterocycles. The number of benzene rings is 1. The third kappa shape index (κ3) is 4.60. The highest BCUT2D eigenvalue weighted by Crippen LogP contribution is 2.39. The van der Waals surface area contributed by atoms with Gasteiger partial charge in [0, 0.05) is 6.54 Å². The molecule has 112 valence electrons. The van der Waals surface area contributed by atoms with E-state index >= 15 is 0 Å². The second-order valence-corrected chi connectivity index (χ2v) is 6.78. The van der Waals surface area contributed by atoms with Crippen LogP contribution in [0.5, 0.6) is 0 Å². The first-order chi connectivity index (χ1) is 9.61. The van der Waals surface area contributed by atoms with E-state index in [1.165, 1.54) is 49.7 Å². The van der Waals surface area contributed by atoms with Crippen molar-refractivity contribution in [3.63, 3.8) is 0 Å². The molecule has 0 amide bonds. The Morgan fingerprint density at radius 1 is 1.20 bits per heavy atom. The van der Waals surface area contributed by atoms with Crippen molar-refractivity contribution < 1.29 is 5.11 Å². The Morgan fingerprint density at radius 3 is 2.60 bits per heavy atom. The molecule has 2 rings (SSSR count). The number of hydrogen-bond acceptors (Lipinski definition) is 2. The Hall–Kier alpha value is -0.860. The monoisotopic (exact) mass is 275 g/mol. The summed E-state index contributed by atoms with van der Waals surface area (Å²) < 4.78 is 0. The van der Waals surface area contributed by atoms with Crippen LogP contribution in [0, 0.1) is 5.41 Å². The van der Waals surface area contributed by atoms with Gasteiger partial charge in [0.1, 0.15) is 0 Å². The molecule has 1 aliphatic rings. The van der Waals surface area contributed by atoms with Crippen LogP contribution in [0.25, 0.3) is 0 Å². The Morgan fingerprint density at radius 2 is 1.90 bits per heavy atom. The summed E-state index contributed by atoms with van der Waals surface area (Å²) in [7, 11) is 0. The number of aliphatic hydroxyl groups is 1. The van der Waals surface area contributed by atoms with Gasteiger partial charge in [-0.3, -0.25) is 0 Å². The molecular weight excluding hydrogens is 246 g/mol. The Bertz CT molecular complexity index is 410. The molecule has 0 spiro atoms. The average molecular weight is 275 g/mol. The van der Waals surface area contributed by atoms with Gasteiger partial charge in [0.25, 0.3) is 0 Å². The second-order valence-electron chi connectivity index (χ2n) is 6.78. The minimum Gasteiger partial charge on any atom is -0.391 e. The van der Waals surface area contributed by atoms with Crippen molar-refractivity contribution in [2.45, 2.75) is 64.4 Å². The van der Waals surface area contributed by atoms with Crippen LogP contribution >= 0.6 is 0 Å². The fraction of sp³-hybridized carbons (Fsp3) is 0.667. The van der Waals surface area contributed by atoms with E-state index < -0.39 is 6.10 Å². The summed E-state index contributed by atoms with van der Waals surface area (Å²) in [6.45, 7) is 2.79. The van der Waals surface area contributed by atoms with Crippen molar-refractivity contribution in [2.24, 2.45) is 11.1 Å². The number of rotatable bonds is 6. The molecule has 0 bridgehead atoms. The van der Waals surface area contributed by atoms with Crippen LogP contribution < -0.4 is 5.73 Å². The van der Waals surface area contributed by atoms with E-state index in [-0.39, 0.29) is 0 Å². The molecule has 0 radical (unpaired) electrons. The summed E-state index contributed by atoms with van der Waals surface area (Å²) in [5.41, 5.74) is 8.63. The molecule has 20 heavy (non-hydrogen) atoms. The van der Waals surface area contributed by atoms with Gasteiger partial charge in [-0.2, -0.15) is 0 Å². The van der Waals surface area contributed by atoms with Gasteiger partial charge in [0.2, 0.25) is 0 Å². The van der Waals surface area contributed by atoms with Gasteiger partial charge >= 0.3 is 0 Å². The minimum atomic E-state index is -0.416. The molecule has 1 fully saturated rings. The minimum absolute atomic E-state index is 0.336. The van der Waals surface area contributed by atoms with Crippen molar-refractivity contribution in [3.8, 4) is 0 Å². The molecule has 0 saturated heterocycles. The maximum Gasteiger partial charge on any atom is 0.0702 e. The largest absolute Gasteiger partial charge is 0.391 e. The first kappa shape index (κ1) is 15.5. The SMILES string of the molecule is CC1(CCc2cccc(CC(O)CN)c2)CCCCC1. The van der Waals surface area contributed by atoms with Crippen molar-refractivity contribution in [1.82, 2.24) is 0 Å². The molecule has 1 atom stereocenters. The fourth-order valence-corrected chi connectivity index (χ4v) is 3.37. The normalized spacial score (nSPS) is 19.8. The van der Waals surface area contributed by atoms with Crippen LogP contribution in [-0.2, 0) is 12.8 Å². The van der Waals surface area contributed by atoms with E-state index in [9.17, 15) is 5.11 Å². The fourth-order valence-electron chi connectivity index (χ4n) is 3.37. The van der Waals surface area contributed by atoms with E-state index in [1.807, 2.05) is 0 Å². The first-order valence-electron chi connectivity index (χ1n) is 8.07. The quantitative estimate of drug-likeness (QED) is 0.835. The molecule has 1 aromatic rings. The summed E-state index contributed by atoms with van der Waals surface area (Å²) in [4.78, 5) is 0. The third-order valence-corrected chi connectivity index (χ3v) is 4.81. The second kappa shape index (κ2) is 7.24. The lowest BCUT2D eigenvalue weighted by molar-refractivity contribution is 0.183. The van der Waals surface area contributed by atoms with E-state index in [0.29, 0.717) is 18.4 Å². The Labute approximate surface area is 123 Å². The highest BCUT2D eigenvalue weighted by molar-refractivity contribution is 5.24. The Balaban J connectivity index is 1.90. The summed E-state index contributed by atoms with van der Waals surface area (Å²) in [6, 6.07) is 8.65. The molecule has 3 N–H and O–H groups in total. The van der Waals surface area contributed by atoms with E-state index in [2.05, 4.69) is 31.2 Å². The van der Waals surface area contributed by atoms with Crippen LogP contribution in [0.3, 0.4) is 0 Å². The standard InChI is InChI=1S/C18H29NO/c1-18(9-3-2-4-10-18)11-8-15-6-5-7-16(12-15)13-17(20)14-19/h5-7,12,17,20H,2-4,8-11,13-14,19H2,1H3. The van der Waals surface area contributed by atoms with Crippen molar-refractivity contribution in [2.75, 3.05) is 6.54 Å². The molecule has 1 aromatic carbocycles. The van der Waals surface area contributed by atoms with Crippen LogP contribution in [0.1, 0.15) is 56.6 Å². The highest BCUT2D eigenvalue weighted by atomic mass is 16.3. The summed E-state index contributed by atoms with van der Waals surface area (Å²) >= 11 is 0. The van der Waals surface area contributed by atoms with Crippen LogP contribution in [0.15, 0.2) is 24.3 Å². The molecule has 0 aliphatic heterocycles. The predicted molar refractivity (Wildman–Crippen MR) is 84.7 cm³/mol. The summed E-state index contributed by atoms with van der Waals surface area (Å²) in [6.07, 6.45) is 9.69. The van der Waals surface area contributed by atoms with Crippen molar-refractivity contribution >= 4 is 0 Å².